The Balaban J connectivity index is 2.68. The summed E-state index contributed by atoms with van der Waals surface area (Å²) in [5, 5.41) is 4.12. The fourth-order valence-electron chi connectivity index (χ4n) is 1.39. The maximum Gasteiger partial charge on any atom is 0.150 e. The number of hydrogen-bond donors (Lipinski definition) is 1. The third-order valence-electron chi connectivity index (χ3n) is 2.01. The molecular formula is C10H9BrFN3. The highest BCUT2D eigenvalue weighted by Gasteiger charge is 2.12. The Kier molecular flexibility index (Phi) is 2.48. The molecule has 0 aliphatic carbocycles. The highest BCUT2D eigenvalue weighted by molar-refractivity contribution is 9.10. The molecule has 0 saturated carbocycles. The highest BCUT2D eigenvalue weighted by Crippen LogP contribution is 2.25. The monoisotopic (exact) mass is 269 g/mol. The molecule has 2 rings (SSSR count). The standard InChI is InChI=1S/C10H9BrFN3/c1-6-5-9(13)15(14-6)10-7(11)3-2-4-8(10)12/h2-5H,13H2,1H3. The number of aromatic nitrogens is 2. The average molecular weight is 270 g/mol. The first-order valence-electron chi connectivity index (χ1n) is 4.36. The van der Waals surface area contributed by atoms with Crippen LogP contribution in [0.15, 0.2) is 28.7 Å². The van der Waals surface area contributed by atoms with E-state index in [2.05, 4.69) is 21.0 Å². The number of nitrogens with zero attached hydrogens (tertiary/aromatic N) is 2. The van der Waals surface area contributed by atoms with Gasteiger partial charge in [0.15, 0.2) is 0 Å². The number of halogens is 2. The van der Waals surface area contributed by atoms with Crippen molar-refractivity contribution in [2.24, 2.45) is 0 Å². The minimum atomic E-state index is -0.362. The molecule has 0 bridgehead atoms. The molecule has 1 heterocycles. The van der Waals surface area contributed by atoms with Crippen LogP contribution in [0.4, 0.5) is 10.2 Å². The van der Waals surface area contributed by atoms with E-state index in [1.807, 2.05) is 6.92 Å². The Hall–Kier alpha value is -1.36. The summed E-state index contributed by atoms with van der Waals surface area (Å²) in [5.74, 6) is 0.0532. The molecule has 78 valence electrons. The molecule has 0 atom stereocenters. The molecule has 2 N–H and O–H groups in total. The van der Waals surface area contributed by atoms with Crippen LogP contribution in [0, 0.1) is 12.7 Å². The third-order valence-corrected chi connectivity index (χ3v) is 2.65. The lowest BCUT2D eigenvalue weighted by atomic mass is 10.3. The van der Waals surface area contributed by atoms with E-state index in [4.69, 9.17) is 5.73 Å². The molecule has 5 heteroatoms. The number of anilines is 1. The van der Waals surface area contributed by atoms with E-state index in [-0.39, 0.29) is 5.82 Å². The topological polar surface area (TPSA) is 43.8 Å². The second kappa shape index (κ2) is 3.66. The molecule has 1 aromatic heterocycles. The van der Waals surface area contributed by atoms with Gasteiger partial charge in [0.2, 0.25) is 0 Å². The zero-order valence-corrected chi connectivity index (χ0v) is 9.62. The molecular weight excluding hydrogens is 261 g/mol. The Labute approximate surface area is 94.8 Å². The highest BCUT2D eigenvalue weighted by atomic mass is 79.9. The summed E-state index contributed by atoms with van der Waals surface area (Å²) in [6.45, 7) is 1.81. The van der Waals surface area contributed by atoms with Gasteiger partial charge in [-0.1, -0.05) is 6.07 Å². The summed E-state index contributed by atoms with van der Waals surface area (Å²) in [6.07, 6.45) is 0. The van der Waals surface area contributed by atoms with Gasteiger partial charge in [0.25, 0.3) is 0 Å². The molecule has 0 aliphatic heterocycles. The van der Waals surface area contributed by atoms with Gasteiger partial charge in [-0.3, -0.25) is 0 Å². The maximum atomic E-state index is 13.6. The van der Waals surface area contributed by atoms with Crippen LogP contribution in [-0.2, 0) is 0 Å². The molecule has 0 amide bonds. The summed E-state index contributed by atoms with van der Waals surface area (Å²) < 4.78 is 15.6. The lowest BCUT2D eigenvalue weighted by Crippen LogP contribution is -2.05. The number of aryl methyl sites for hydroxylation is 1. The van der Waals surface area contributed by atoms with E-state index in [0.29, 0.717) is 16.0 Å². The fraction of sp³-hybridized carbons (Fsp3) is 0.100. The summed E-state index contributed by atoms with van der Waals surface area (Å²) >= 11 is 3.27. The molecule has 0 radical (unpaired) electrons. The van der Waals surface area contributed by atoms with Crippen LogP contribution in [0.25, 0.3) is 5.69 Å². The lowest BCUT2D eigenvalue weighted by Gasteiger charge is -2.07. The van der Waals surface area contributed by atoms with Crippen LogP contribution in [0.5, 0.6) is 0 Å². The van der Waals surface area contributed by atoms with Gasteiger partial charge in [0.1, 0.15) is 17.3 Å². The van der Waals surface area contributed by atoms with Gasteiger partial charge in [-0.2, -0.15) is 5.10 Å². The van der Waals surface area contributed by atoms with Crippen molar-refractivity contribution in [3.63, 3.8) is 0 Å². The second-order valence-electron chi connectivity index (χ2n) is 3.19. The number of nitrogens with two attached hydrogens (primary N) is 1. The van der Waals surface area contributed by atoms with Crippen molar-refractivity contribution < 1.29 is 4.39 Å². The number of hydrogen-bond acceptors (Lipinski definition) is 2. The molecule has 0 unspecified atom stereocenters. The first kappa shape index (κ1) is 10.2. The number of nitrogen functional groups attached to an aromatic ring is 1. The van der Waals surface area contributed by atoms with Crippen LogP contribution in [0.1, 0.15) is 5.69 Å². The van der Waals surface area contributed by atoms with Crippen LogP contribution in [0.3, 0.4) is 0 Å². The fourth-order valence-corrected chi connectivity index (χ4v) is 1.90. The van der Waals surface area contributed by atoms with Crippen molar-refractivity contribution in [3.05, 3.63) is 40.2 Å². The molecule has 0 fully saturated rings. The molecule has 1 aromatic carbocycles. The SMILES string of the molecule is Cc1cc(N)n(-c2c(F)cccc2Br)n1. The average Bonchev–Trinajstić information content (AvgIpc) is 2.45. The first-order valence-corrected chi connectivity index (χ1v) is 5.15. The van der Waals surface area contributed by atoms with Crippen LogP contribution in [-0.4, -0.2) is 9.78 Å². The molecule has 2 aromatic rings. The van der Waals surface area contributed by atoms with Gasteiger partial charge >= 0.3 is 0 Å². The first-order chi connectivity index (χ1) is 7.09. The summed E-state index contributed by atoms with van der Waals surface area (Å²) in [5.41, 5.74) is 6.81. The predicted octanol–water partition coefficient (Wildman–Crippen LogP) is 2.66. The van der Waals surface area contributed by atoms with E-state index in [9.17, 15) is 4.39 Å². The molecule has 0 saturated heterocycles. The van der Waals surface area contributed by atoms with E-state index in [0.717, 1.165) is 5.69 Å². The summed E-state index contributed by atoms with van der Waals surface area (Å²) in [6, 6.07) is 6.43. The van der Waals surface area contributed by atoms with Crippen LogP contribution < -0.4 is 5.73 Å². The van der Waals surface area contributed by atoms with Gasteiger partial charge in [-0.15, -0.1) is 0 Å². The van der Waals surface area contributed by atoms with E-state index >= 15 is 0 Å². The van der Waals surface area contributed by atoms with E-state index in [1.165, 1.54) is 10.7 Å². The van der Waals surface area contributed by atoms with Gasteiger partial charge in [-0.05, 0) is 35.0 Å². The van der Waals surface area contributed by atoms with Gasteiger partial charge in [0.05, 0.1) is 5.69 Å². The van der Waals surface area contributed by atoms with Gasteiger partial charge in [0, 0.05) is 10.5 Å². The summed E-state index contributed by atoms with van der Waals surface area (Å²) in [4.78, 5) is 0. The maximum absolute atomic E-state index is 13.6. The third kappa shape index (κ3) is 1.74. The van der Waals surface area contributed by atoms with Crippen molar-refractivity contribution in [2.45, 2.75) is 6.92 Å². The Morgan fingerprint density at radius 1 is 1.47 bits per heavy atom. The van der Waals surface area contributed by atoms with Gasteiger partial charge < -0.3 is 5.73 Å². The minimum Gasteiger partial charge on any atom is -0.384 e. The van der Waals surface area contributed by atoms with Crippen molar-refractivity contribution in [2.75, 3.05) is 5.73 Å². The minimum absolute atomic E-state index is 0.336. The predicted molar refractivity (Wildman–Crippen MR) is 60.4 cm³/mol. The normalized spacial score (nSPS) is 10.6. The number of benzene rings is 1. The molecule has 0 aliphatic rings. The Morgan fingerprint density at radius 2 is 2.20 bits per heavy atom. The Bertz CT molecular complexity index is 487. The number of para-hydroxylation sites is 1. The zero-order valence-electron chi connectivity index (χ0n) is 8.04. The van der Waals surface area contributed by atoms with E-state index < -0.39 is 0 Å². The van der Waals surface area contributed by atoms with Crippen LogP contribution >= 0.6 is 15.9 Å². The lowest BCUT2D eigenvalue weighted by molar-refractivity contribution is 0.610. The van der Waals surface area contributed by atoms with Crippen molar-refractivity contribution >= 4 is 21.7 Å². The molecule has 3 nitrogen and oxygen atoms in total. The van der Waals surface area contributed by atoms with Crippen molar-refractivity contribution in [1.82, 2.24) is 9.78 Å². The van der Waals surface area contributed by atoms with Gasteiger partial charge in [-0.25, -0.2) is 9.07 Å². The molecule has 15 heavy (non-hydrogen) atoms. The Morgan fingerprint density at radius 3 is 2.73 bits per heavy atom. The van der Waals surface area contributed by atoms with Crippen molar-refractivity contribution in [3.8, 4) is 5.69 Å². The molecule has 0 spiro atoms. The quantitative estimate of drug-likeness (QED) is 0.865. The summed E-state index contributed by atoms with van der Waals surface area (Å²) in [7, 11) is 0. The van der Waals surface area contributed by atoms with Crippen LogP contribution in [0.2, 0.25) is 0 Å². The van der Waals surface area contributed by atoms with E-state index in [1.54, 1.807) is 18.2 Å². The van der Waals surface area contributed by atoms with Crippen molar-refractivity contribution in [1.29, 1.82) is 0 Å². The largest absolute Gasteiger partial charge is 0.384 e. The second-order valence-corrected chi connectivity index (χ2v) is 4.05. The smallest absolute Gasteiger partial charge is 0.150 e. The zero-order chi connectivity index (χ0) is 11.0. The number of rotatable bonds is 1.